The Balaban J connectivity index is 2.28. The van der Waals surface area contributed by atoms with Crippen molar-refractivity contribution in [2.45, 2.75) is 57.9 Å². The Kier molecular flexibility index (Phi) is 7.06. The van der Waals surface area contributed by atoms with Crippen molar-refractivity contribution in [3.8, 4) is 0 Å². The summed E-state index contributed by atoms with van der Waals surface area (Å²) >= 11 is 0. The summed E-state index contributed by atoms with van der Waals surface area (Å²) in [6.07, 6.45) is 9.81. The van der Waals surface area contributed by atoms with E-state index in [9.17, 15) is 0 Å². The molecule has 1 saturated carbocycles. The van der Waals surface area contributed by atoms with Gasteiger partial charge in [-0.1, -0.05) is 39.0 Å². The van der Waals surface area contributed by atoms with Crippen LogP contribution in [0.15, 0.2) is 0 Å². The normalized spacial score (nSPS) is 21.9. The van der Waals surface area contributed by atoms with Crippen molar-refractivity contribution >= 4 is 0 Å². The first-order valence-electron chi connectivity index (χ1n) is 6.94. The van der Waals surface area contributed by atoms with Gasteiger partial charge in [0.2, 0.25) is 0 Å². The van der Waals surface area contributed by atoms with Crippen LogP contribution in [-0.2, 0) is 4.74 Å². The predicted octanol–water partition coefficient (Wildman–Crippen LogP) is 3.22. The van der Waals surface area contributed by atoms with Gasteiger partial charge in [-0.05, 0) is 31.7 Å². The lowest BCUT2D eigenvalue weighted by Crippen LogP contribution is -2.35. The minimum Gasteiger partial charge on any atom is -0.385 e. The lowest BCUT2D eigenvalue weighted by molar-refractivity contribution is 0.163. The maximum atomic E-state index is 5.17. The number of methoxy groups -OCH3 is 1. The van der Waals surface area contributed by atoms with Crippen LogP contribution in [0.3, 0.4) is 0 Å². The van der Waals surface area contributed by atoms with Gasteiger partial charge in [0.05, 0.1) is 0 Å². The Labute approximate surface area is 101 Å². The Morgan fingerprint density at radius 3 is 2.50 bits per heavy atom. The van der Waals surface area contributed by atoms with E-state index in [2.05, 4.69) is 19.3 Å². The molecule has 0 aromatic heterocycles. The fraction of sp³-hybridized carbons (Fsp3) is 1.00. The molecule has 1 rings (SSSR count). The Morgan fingerprint density at radius 1 is 1.25 bits per heavy atom. The average molecular weight is 227 g/mol. The lowest BCUT2D eigenvalue weighted by atomic mass is 9.81. The van der Waals surface area contributed by atoms with Crippen LogP contribution in [0.25, 0.3) is 0 Å². The molecule has 0 aliphatic heterocycles. The molecule has 0 aromatic rings. The molecule has 2 heteroatoms. The van der Waals surface area contributed by atoms with Gasteiger partial charge >= 0.3 is 0 Å². The van der Waals surface area contributed by atoms with Crippen LogP contribution >= 0.6 is 0 Å². The molecule has 16 heavy (non-hydrogen) atoms. The van der Waals surface area contributed by atoms with E-state index in [0.717, 1.165) is 18.4 Å². The van der Waals surface area contributed by atoms with Gasteiger partial charge in [-0.3, -0.25) is 0 Å². The van der Waals surface area contributed by atoms with Gasteiger partial charge in [0.1, 0.15) is 0 Å². The SMILES string of the molecule is CNC(CC1CCCCC1)C(C)CCOC. The van der Waals surface area contributed by atoms with Gasteiger partial charge in [-0.25, -0.2) is 0 Å². The molecule has 2 unspecified atom stereocenters. The fourth-order valence-electron chi connectivity index (χ4n) is 2.92. The molecule has 1 aliphatic rings. The smallest absolute Gasteiger partial charge is 0.0465 e. The molecule has 0 spiro atoms. The third-order valence-corrected chi connectivity index (χ3v) is 4.15. The van der Waals surface area contributed by atoms with E-state index in [1.165, 1.54) is 44.9 Å². The Bertz CT molecular complexity index is 166. The third-order valence-electron chi connectivity index (χ3n) is 4.15. The van der Waals surface area contributed by atoms with Crippen molar-refractivity contribution < 1.29 is 4.74 Å². The van der Waals surface area contributed by atoms with Gasteiger partial charge in [-0.2, -0.15) is 0 Å². The molecule has 1 N–H and O–H groups in total. The second-order valence-electron chi connectivity index (χ2n) is 5.39. The van der Waals surface area contributed by atoms with E-state index in [-0.39, 0.29) is 0 Å². The van der Waals surface area contributed by atoms with E-state index >= 15 is 0 Å². The Morgan fingerprint density at radius 2 is 1.94 bits per heavy atom. The zero-order valence-electron chi connectivity index (χ0n) is 11.3. The molecule has 0 bridgehead atoms. The van der Waals surface area contributed by atoms with Crippen molar-refractivity contribution in [2.75, 3.05) is 20.8 Å². The molecule has 0 amide bonds. The molecule has 2 nitrogen and oxygen atoms in total. The first-order chi connectivity index (χ1) is 7.77. The molecule has 96 valence electrons. The van der Waals surface area contributed by atoms with Crippen LogP contribution in [-0.4, -0.2) is 26.8 Å². The number of hydrogen-bond donors (Lipinski definition) is 1. The van der Waals surface area contributed by atoms with Gasteiger partial charge in [0.25, 0.3) is 0 Å². The summed E-state index contributed by atoms with van der Waals surface area (Å²) in [5.74, 6) is 1.70. The van der Waals surface area contributed by atoms with E-state index in [4.69, 9.17) is 4.74 Å². The van der Waals surface area contributed by atoms with E-state index < -0.39 is 0 Å². The molecule has 0 saturated heterocycles. The summed E-state index contributed by atoms with van der Waals surface area (Å²) < 4.78 is 5.17. The number of ether oxygens (including phenoxy) is 1. The van der Waals surface area contributed by atoms with Crippen LogP contribution in [0.2, 0.25) is 0 Å². The fourth-order valence-corrected chi connectivity index (χ4v) is 2.92. The van der Waals surface area contributed by atoms with Gasteiger partial charge in [0.15, 0.2) is 0 Å². The average Bonchev–Trinajstić information content (AvgIpc) is 2.34. The van der Waals surface area contributed by atoms with Crippen LogP contribution in [0.5, 0.6) is 0 Å². The van der Waals surface area contributed by atoms with E-state index in [1.54, 1.807) is 7.11 Å². The molecular formula is C14H29NO. The third kappa shape index (κ3) is 4.84. The molecule has 1 fully saturated rings. The highest BCUT2D eigenvalue weighted by atomic mass is 16.5. The van der Waals surface area contributed by atoms with Crippen LogP contribution in [0.4, 0.5) is 0 Å². The minimum atomic E-state index is 0.679. The van der Waals surface area contributed by atoms with Crippen molar-refractivity contribution in [3.05, 3.63) is 0 Å². The van der Waals surface area contributed by atoms with Gasteiger partial charge in [-0.15, -0.1) is 0 Å². The molecule has 0 heterocycles. The lowest BCUT2D eigenvalue weighted by Gasteiger charge is -2.30. The number of hydrogen-bond acceptors (Lipinski definition) is 2. The summed E-state index contributed by atoms with van der Waals surface area (Å²) in [5, 5.41) is 3.50. The minimum absolute atomic E-state index is 0.679. The summed E-state index contributed by atoms with van der Waals surface area (Å²) in [7, 11) is 3.90. The molecular weight excluding hydrogens is 198 g/mol. The van der Waals surface area contributed by atoms with Crippen molar-refractivity contribution in [1.82, 2.24) is 5.32 Å². The highest BCUT2D eigenvalue weighted by Gasteiger charge is 2.21. The summed E-state index contributed by atoms with van der Waals surface area (Å²) in [6.45, 7) is 3.24. The monoisotopic (exact) mass is 227 g/mol. The molecule has 0 aromatic carbocycles. The van der Waals surface area contributed by atoms with Crippen molar-refractivity contribution in [1.29, 1.82) is 0 Å². The Hall–Kier alpha value is -0.0800. The topological polar surface area (TPSA) is 21.3 Å². The maximum absolute atomic E-state index is 5.17. The van der Waals surface area contributed by atoms with Crippen LogP contribution in [0, 0.1) is 11.8 Å². The van der Waals surface area contributed by atoms with Gasteiger partial charge < -0.3 is 10.1 Å². The largest absolute Gasteiger partial charge is 0.385 e. The summed E-state index contributed by atoms with van der Waals surface area (Å²) in [5.41, 5.74) is 0. The number of nitrogens with one attached hydrogen (secondary N) is 1. The summed E-state index contributed by atoms with van der Waals surface area (Å²) in [4.78, 5) is 0. The standard InChI is InChI=1S/C14H29NO/c1-12(9-10-16-3)14(15-2)11-13-7-5-4-6-8-13/h12-15H,4-11H2,1-3H3. The first kappa shape index (κ1) is 14.0. The second-order valence-corrected chi connectivity index (χ2v) is 5.39. The van der Waals surface area contributed by atoms with Crippen LogP contribution < -0.4 is 5.32 Å². The zero-order valence-corrected chi connectivity index (χ0v) is 11.3. The first-order valence-corrected chi connectivity index (χ1v) is 6.94. The molecule has 0 radical (unpaired) electrons. The van der Waals surface area contributed by atoms with Crippen molar-refractivity contribution in [2.24, 2.45) is 11.8 Å². The molecule has 2 atom stereocenters. The quantitative estimate of drug-likeness (QED) is 0.721. The van der Waals surface area contributed by atoms with E-state index in [1.807, 2.05) is 0 Å². The maximum Gasteiger partial charge on any atom is 0.0465 e. The molecule has 1 aliphatic carbocycles. The zero-order chi connectivity index (χ0) is 11.8. The van der Waals surface area contributed by atoms with Crippen molar-refractivity contribution in [3.63, 3.8) is 0 Å². The van der Waals surface area contributed by atoms with Gasteiger partial charge in [0, 0.05) is 19.8 Å². The second kappa shape index (κ2) is 8.08. The van der Waals surface area contributed by atoms with E-state index in [0.29, 0.717) is 6.04 Å². The number of rotatable bonds is 7. The summed E-state index contributed by atoms with van der Waals surface area (Å²) in [6, 6.07) is 0.679. The highest BCUT2D eigenvalue weighted by molar-refractivity contribution is 4.77. The predicted molar refractivity (Wildman–Crippen MR) is 69.7 cm³/mol. The van der Waals surface area contributed by atoms with Crippen LogP contribution in [0.1, 0.15) is 51.9 Å². The highest BCUT2D eigenvalue weighted by Crippen LogP contribution is 2.29.